The lowest BCUT2D eigenvalue weighted by molar-refractivity contribution is 0.200. The van der Waals surface area contributed by atoms with Gasteiger partial charge in [0.2, 0.25) is 5.96 Å². The molecule has 0 bridgehead atoms. The lowest BCUT2D eigenvalue weighted by Gasteiger charge is -2.36. The van der Waals surface area contributed by atoms with E-state index in [1.165, 1.54) is 6.42 Å². The summed E-state index contributed by atoms with van der Waals surface area (Å²) in [5, 5.41) is 0. The summed E-state index contributed by atoms with van der Waals surface area (Å²) in [6.07, 6.45) is 1.19. The van der Waals surface area contributed by atoms with Gasteiger partial charge in [-0.25, -0.2) is 10.8 Å². The number of nitrogens with one attached hydrogen (secondary N) is 1. The van der Waals surface area contributed by atoms with Crippen molar-refractivity contribution in [2.24, 2.45) is 22.7 Å². The van der Waals surface area contributed by atoms with Crippen LogP contribution in [0.5, 0.6) is 0 Å². The smallest absolute Gasteiger partial charge is 0.213 e. The first kappa shape index (κ1) is 12.9. The highest BCUT2D eigenvalue weighted by Crippen LogP contribution is 2.23. The van der Waals surface area contributed by atoms with E-state index in [4.69, 9.17) is 5.84 Å². The lowest BCUT2D eigenvalue weighted by Crippen LogP contribution is -2.50. The van der Waals surface area contributed by atoms with Crippen molar-refractivity contribution in [3.63, 3.8) is 0 Å². The van der Waals surface area contributed by atoms with Crippen LogP contribution in [0.1, 0.15) is 20.3 Å². The largest absolute Gasteiger partial charge is 0.341 e. The molecule has 4 nitrogen and oxygen atoms in total. The molecule has 1 aliphatic heterocycles. The summed E-state index contributed by atoms with van der Waals surface area (Å²) in [5.74, 6) is 7.82. The standard InChI is InChI=1S/C14H22N4/c1-11-8-9-18(10-12(11)2)14(17-15)16-13-6-4-3-5-7-13/h3-7,11-12H,8-10,15H2,1-2H3,(H,16,17). The van der Waals surface area contributed by atoms with Gasteiger partial charge in [0.15, 0.2) is 0 Å². The Balaban J connectivity index is 2.12. The molecular weight excluding hydrogens is 224 g/mol. The average molecular weight is 246 g/mol. The second-order valence-electron chi connectivity index (χ2n) is 5.10. The van der Waals surface area contributed by atoms with E-state index in [0.29, 0.717) is 5.92 Å². The SMILES string of the molecule is CC1CCN(C(=Nc2ccccc2)NN)CC1C. The zero-order chi connectivity index (χ0) is 13.0. The fourth-order valence-corrected chi connectivity index (χ4v) is 2.27. The van der Waals surface area contributed by atoms with Gasteiger partial charge in [0, 0.05) is 13.1 Å². The molecule has 1 aromatic rings. The maximum Gasteiger partial charge on any atom is 0.213 e. The molecular formula is C14H22N4. The summed E-state index contributed by atoms with van der Waals surface area (Å²) in [4.78, 5) is 6.80. The number of nitrogens with two attached hydrogens (primary N) is 1. The van der Waals surface area contributed by atoms with Crippen LogP contribution in [0.25, 0.3) is 0 Å². The van der Waals surface area contributed by atoms with Crippen LogP contribution in [-0.2, 0) is 0 Å². The molecule has 0 aromatic heterocycles. The first-order valence-corrected chi connectivity index (χ1v) is 6.56. The first-order valence-electron chi connectivity index (χ1n) is 6.56. The minimum Gasteiger partial charge on any atom is -0.341 e. The van der Waals surface area contributed by atoms with Gasteiger partial charge in [-0.1, -0.05) is 32.0 Å². The van der Waals surface area contributed by atoms with Crippen LogP contribution in [0.2, 0.25) is 0 Å². The second kappa shape index (κ2) is 5.87. The number of nitrogens with zero attached hydrogens (tertiary/aromatic N) is 2. The average Bonchev–Trinajstić information content (AvgIpc) is 2.40. The van der Waals surface area contributed by atoms with Crippen LogP contribution < -0.4 is 11.3 Å². The third-order valence-electron chi connectivity index (χ3n) is 3.75. The highest BCUT2D eigenvalue weighted by atomic mass is 15.4. The molecule has 1 aromatic carbocycles. The topological polar surface area (TPSA) is 53.6 Å². The van der Waals surface area contributed by atoms with Crippen molar-refractivity contribution in [1.82, 2.24) is 10.3 Å². The third-order valence-corrected chi connectivity index (χ3v) is 3.75. The van der Waals surface area contributed by atoms with E-state index in [1.807, 2.05) is 30.3 Å². The Labute approximate surface area is 109 Å². The lowest BCUT2D eigenvalue weighted by atomic mass is 9.89. The minimum atomic E-state index is 0.674. The minimum absolute atomic E-state index is 0.674. The van der Waals surface area contributed by atoms with Crippen molar-refractivity contribution in [2.45, 2.75) is 20.3 Å². The van der Waals surface area contributed by atoms with Gasteiger partial charge in [0.1, 0.15) is 0 Å². The molecule has 3 N–H and O–H groups in total. The van der Waals surface area contributed by atoms with Gasteiger partial charge in [0.25, 0.3) is 0 Å². The molecule has 0 amide bonds. The number of guanidine groups is 1. The Kier molecular flexibility index (Phi) is 4.20. The molecule has 1 saturated heterocycles. The molecule has 0 aliphatic carbocycles. The Bertz CT molecular complexity index is 402. The van der Waals surface area contributed by atoms with Crippen molar-refractivity contribution in [1.29, 1.82) is 0 Å². The fourth-order valence-electron chi connectivity index (χ4n) is 2.27. The Morgan fingerprint density at radius 2 is 2.00 bits per heavy atom. The quantitative estimate of drug-likeness (QED) is 0.345. The molecule has 1 aliphatic rings. The number of hydrogen-bond donors (Lipinski definition) is 2. The Hall–Kier alpha value is -1.55. The molecule has 4 heteroatoms. The van der Waals surface area contributed by atoms with Crippen molar-refractivity contribution < 1.29 is 0 Å². The number of benzene rings is 1. The molecule has 1 heterocycles. The summed E-state index contributed by atoms with van der Waals surface area (Å²) in [7, 11) is 0. The molecule has 98 valence electrons. The van der Waals surface area contributed by atoms with Crippen molar-refractivity contribution >= 4 is 11.6 Å². The van der Waals surface area contributed by atoms with Crippen LogP contribution in [0.4, 0.5) is 5.69 Å². The van der Waals surface area contributed by atoms with Crippen LogP contribution >= 0.6 is 0 Å². The molecule has 0 saturated carbocycles. The van der Waals surface area contributed by atoms with Gasteiger partial charge >= 0.3 is 0 Å². The van der Waals surface area contributed by atoms with E-state index in [1.54, 1.807) is 0 Å². The number of para-hydroxylation sites is 1. The van der Waals surface area contributed by atoms with E-state index in [0.717, 1.165) is 30.7 Å². The summed E-state index contributed by atoms with van der Waals surface area (Å²) >= 11 is 0. The molecule has 1 fully saturated rings. The highest BCUT2D eigenvalue weighted by molar-refractivity contribution is 5.82. The van der Waals surface area contributed by atoms with E-state index >= 15 is 0 Å². The summed E-state index contributed by atoms with van der Waals surface area (Å²) in [5.41, 5.74) is 3.66. The van der Waals surface area contributed by atoms with Gasteiger partial charge < -0.3 is 4.90 Å². The van der Waals surface area contributed by atoms with E-state index in [2.05, 4.69) is 29.2 Å². The van der Waals surface area contributed by atoms with Crippen LogP contribution in [0, 0.1) is 11.8 Å². The highest BCUT2D eigenvalue weighted by Gasteiger charge is 2.24. The van der Waals surface area contributed by atoms with Gasteiger partial charge in [0.05, 0.1) is 5.69 Å². The molecule has 0 spiro atoms. The summed E-state index contributed by atoms with van der Waals surface area (Å²) in [6.45, 7) is 6.62. The number of rotatable bonds is 1. The van der Waals surface area contributed by atoms with Crippen molar-refractivity contribution in [3.8, 4) is 0 Å². The summed E-state index contributed by atoms with van der Waals surface area (Å²) < 4.78 is 0. The number of hydrazine groups is 1. The number of piperidine rings is 1. The zero-order valence-corrected chi connectivity index (χ0v) is 11.1. The molecule has 0 radical (unpaired) electrons. The van der Waals surface area contributed by atoms with Crippen molar-refractivity contribution in [3.05, 3.63) is 30.3 Å². The number of likely N-dealkylation sites (tertiary alicyclic amines) is 1. The third kappa shape index (κ3) is 3.01. The monoisotopic (exact) mass is 246 g/mol. The molecule has 2 rings (SSSR count). The van der Waals surface area contributed by atoms with Crippen LogP contribution in [-0.4, -0.2) is 23.9 Å². The predicted octanol–water partition coefficient (Wildman–Crippen LogP) is 2.12. The predicted molar refractivity (Wildman–Crippen MR) is 75.4 cm³/mol. The van der Waals surface area contributed by atoms with Gasteiger partial charge in [-0.2, -0.15) is 0 Å². The van der Waals surface area contributed by atoms with E-state index < -0.39 is 0 Å². The molecule has 2 atom stereocenters. The summed E-state index contributed by atoms with van der Waals surface area (Å²) in [6, 6.07) is 9.90. The zero-order valence-electron chi connectivity index (χ0n) is 11.1. The Morgan fingerprint density at radius 3 is 2.61 bits per heavy atom. The van der Waals surface area contributed by atoms with Crippen molar-refractivity contribution in [2.75, 3.05) is 13.1 Å². The fraction of sp³-hybridized carbons (Fsp3) is 0.500. The molecule has 2 unspecified atom stereocenters. The van der Waals surface area contributed by atoms with E-state index in [-0.39, 0.29) is 0 Å². The van der Waals surface area contributed by atoms with Gasteiger partial charge in [-0.3, -0.25) is 5.43 Å². The van der Waals surface area contributed by atoms with Crippen LogP contribution in [0.3, 0.4) is 0 Å². The van der Waals surface area contributed by atoms with Crippen LogP contribution in [0.15, 0.2) is 35.3 Å². The second-order valence-corrected chi connectivity index (χ2v) is 5.10. The number of aliphatic imine (C=N–C) groups is 1. The maximum absolute atomic E-state index is 5.61. The first-order chi connectivity index (χ1) is 8.70. The molecule has 18 heavy (non-hydrogen) atoms. The number of hydrogen-bond acceptors (Lipinski definition) is 2. The Morgan fingerprint density at radius 1 is 1.28 bits per heavy atom. The van der Waals surface area contributed by atoms with E-state index in [9.17, 15) is 0 Å². The van der Waals surface area contributed by atoms with Gasteiger partial charge in [-0.15, -0.1) is 0 Å². The van der Waals surface area contributed by atoms with Gasteiger partial charge in [-0.05, 0) is 30.4 Å². The normalized spacial score (nSPS) is 25.1. The maximum atomic E-state index is 5.61.